The molecule has 1 aromatic heterocycles. The number of halogens is 1. The first-order valence-corrected chi connectivity index (χ1v) is 7.41. The first-order chi connectivity index (χ1) is 10.4. The summed E-state index contributed by atoms with van der Waals surface area (Å²) < 4.78 is 1.68. The number of amides is 1. The molecule has 2 aromatic rings. The van der Waals surface area contributed by atoms with E-state index in [0.717, 1.165) is 16.8 Å². The lowest BCUT2D eigenvalue weighted by atomic mass is 10.1. The van der Waals surface area contributed by atoms with Crippen LogP contribution in [-0.4, -0.2) is 20.6 Å². The third-order valence-electron chi connectivity index (χ3n) is 3.32. The van der Waals surface area contributed by atoms with Gasteiger partial charge >= 0.3 is 5.82 Å². The van der Waals surface area contributed by atoms with Gasteiger partial charge in [-0.15, -0.1) is 0 Å². The number of carbonyl (C=O) groups excluding carboxylic acids is 1. The van der Waals surface area contributed by atoms with Crippen molar-refractivity contribution in [2.45, 2.75) is 26.8 Å². The van der Waals surface area contributed by atoms with Gasteiger partial charge in [0.1, 0.15) is 4.47 Å². The number of aromatic nitrogens is 2. The Morgan fingerprint density at radius 2 is 2.18 bits per heavy atom. The lowest BCUT2D eigenvalue weighted by Crippen LogP contribution is -2.15. The van der Waals surface area contributed by atoms with Gasteiger partial charge in [-0.25, -0.2) is 0 Å². The van der Waals surface area contributed by atoms with E-state index < -0.39 is 4.92 Å². The molecule has 0 fully saturated rings. The van der Waals surface area contributed by atoms with Gasteiger partial charge in [0, 0.05) is 12.1 Å². The van der Waals surface area contributed by atoms with Crippen LogP contribution in [0.2, 0.25) is 0 Å². The SMILES string of the molecule is Cc1cccc(NC(=O)CCn2cc(Br)c([N+](=O)[O-])n2)c1C. The van der Waals surface area contributed by atoms with Gasteiger partial charge in [-0.05, 0) is 51.9 Å². The molecule has 0 saturated carbocycles. The van der Waals surface area contributed by atoms with Crippen LogP contribution in [0.15, 0.2) is 28.9 Å². The van der Waals surface area contributed by atoms with E-state index in [1.54, 1.807) is 0 Å². The van der Waals surface area contributed by atoms with Crippen LogP contribution in [0.4, 0.5) is 11.5 Å². The molecule has 1 amide bonds. The van der Waals surface area contributed by atoms with Gasteiger partial charge in [-0.2, -0.15) is 4.68 Å². The fourth-order valence-corrected chi connectivity index (χ4v) is 2.40. The van der Waals surface area contributed by atoms with Gasteiger partial charge in [-0.3, -0.25) is 4.79 Å². The molecular weight excluding hydrogens is 352 g/mol. The second-order valence-electron chi connectivity index (χ2n) is 4.87. The number of benzene rings is 1. The molecule has 0 atom stereocenters. The Balaban J connectivity index is 1.97. The Hall–Kier alpha value is -2.22. The standard InChI is InChI=1S/C14H15BrN4O3/c1-9-4-3-5-12(10(9)2)16-13(20)6-7-18-8-11(15)14(17-18)19(21)22/h3-5,8H,6-7H2,1-2H3,(H,16,20). The number of carbonyl (C=O) groups is 1. The van der Waals surface area contributed by atoms with Crippen LogP contribution in [0, 0.1) is 24.0 Å². The average Bonchev–Trinajstić information content (AvgIpc) is 2.83. The summed E-state index contributed by atoms with van der Waals surface area (Å²) in [5, 5.41) is 17.4. The van der Waals surface area contributed by atoms with E-state index in [0.29, 0.717) is 4.47 Å². The molecule has 8 heteroatoms. The van der Waals surface area contributed by atoms with Gasteiger partial charge in [0.25, 0.3) is 0 Å². The van der Waals surface area contributed by atoms with Crippen LogP contribution in [0.3, 0.4) is 0 Å². The molecule has 1 heterocycles. The molecule has 7 nitrogen and oxygen atoms in total. The highest BCUT2D eigenvalue weighted by Crippen LogP contribution is 2.22. The highest BCUT2D eigenvalue weighted by molar-refractivity contribution is 9.10. The van der Waals surface area contributed by atoms with E-state index >= 15 is 0 Å². The molecule has 0 saturated heterocycles. The number of nitro groups is 1. The summed E-state index contributed by atoms with van der Waals surface area (Å²) in [6.07, 6.45) is 1.67. The molecule has 0 aliphatic carbocycles. The molecule has 0 aliphatic rings. The second kappa shape index (κ2) is 6.69. The van der Waals surface area contributed by atoms with Crippen molar-refractivity contribution in [1.82, 2.24) is 9.78 Å². The molecule has 116 valence electrons. The highest BCUT2D eigenvalue weighted by atomic mass is 79.9. The van der Waals surface area contributed by atoms with Crippen molar-refractivity contribution in [3.05, 3.63) is 50.1 Å². The summed E-state index contributed by atoms with van der Waals surface area (Å²) in [4.78, 5) is 22.1. The van der Waals surface area contributed by atoms with Crippen molar-refractivity contribution in [2.24, 2.45) is 0 Å². The molecular formula is C14H15BrN4O3. The predicted octanol–water partition coefficient (Wildman–Crippen LogP) is 3.20. The zero-order valence-electron chi connectivity index (χ0n) is 12.2. The predicted molar refractivity (Wildman–Crippen MR) is 85.7 cm³/mol. The fraction of sp³-hybridized carbons (Fsp3) is 0.286. The average molecular weight is 367 g/mol. The number of rotatable bonds is 5. The monoisotopic (exact) mass is 366 g/mol. The Kier molecular flexibility index (Phi) is 4.92. The normalized spacial score (nSPS) is 10.5. The van der Waals surface area contributed by atoms with E-state index in [1.807, 2.05) is 32.0 Å². The maximum atomic E-state index is 12.0. The van der Waals surface area contributed by atoms with Gasteiger partial charge in [0.2, 0.25) is 5.91 Å². The van der Waals surface area contributed by atoms with Crippen LogP contribution < -0.4 is 5.32 Å². The first-order valence-electron chi connectivity index (χ1n) is 6.62. The molecule has 0 aliphatic heterocycles. The van der Waals surface area contributed by atoms with Gasteiger partial charge < -0.3 is 15.4 Å². The zero-order chi connectivity index (χ0) is 16.3. The number of anilines is 1. The number of hydrogen-bond acceptors (Lipinski definition) is 4. The quantitative estimate of drug-likeness (QED) is 0.649. The van der Waals surface area contributed by atoms with Crippen molar-refractivity contribution < 1.29 is 9.72 Å². The minimum atomic E-state index is -0.573. The largest absolute Gasteiger partial charge is 0.404 e. The van der Waals surface area contributed by atoms with Crippen LogP contribution in [0.1, 0.15) is 17.5 Å². The number of aryl methyl sites for hydroxylation is 2. The number of nitrogens with one attached hydrogen (secondary N) is 1. The van der Waals surface area contributed by atoms with Crippen molar-refractivity contribution in [2.75, 3.05) is 5.32 Å². The third-order valence-corrected chi connectivity index (χ3v) is 3.88. The van der Waals surface area contributed by atoms with Crippen molar-refractivity contribution in [1.29, 1.82) is 0 Å². The first kappa shape index (κ1) is 16.2. The summed E-state index contributed by atoms with van der Waals surface area (Å²) >= 11 is 3.07. The lowest BCUT2D eigenvalue weighted by Gasteiger charge is -2.09. The second-order valence-corrected chi connectivity index (χ2v) is 5.72. The third kappa shape index (κ3) is 3.70. The summed E-state index contributed by atoms with van der Waals surface area (Å²) in [7, 11) is 0. The summed E-state index contributed by atoms with van der Waals surface area (Å²) in [5.74, 6) is -0.419. The maximum Gasteiger partial charge on any atom is 0.404 e. The Labute approximate surface area is 135 Å². The topological polar surface area (TPSA) is 90.1 Å². The fourth-order valence-electron chi connectivity index (χ4n) is 1.94. The molecule has 0 spiro atoms. The Morgan fingerprint density at radius 1 is 1.45 bits per heavy atom. The van der Waals surface area contributed by atoms with E-state index in [9.17, 15) is 14.9 Å². The van der Waals surface area contributed by atoms with E-state index in [-0.39, 0.29) is 24.7 Å². The van der Waals surface area contributed by atoms with Crippen LogP contribution in [-0.2, 0) is 11.3 Å². The highest BCUT2D eigenvalue weighted by Gasteiger charge is 2.18. The molecule has 0 bridgehead atoms. The van der Waals surface area contributed by atoms with Gasteiger partial charge in [0.15, 0.2) is 0 Å². The minimum absolute atomic E-state index is 0.164. The van der Waals surface area contributed by atoms with Crippen molar-refractivity contribution in [3.63, 3.8) is 0 Å². The lowest BCUT2D eigenvalue weighted by molar-refractivity contribution is -0.390. The molecule has 0 radical (unpaired) electrons. The molecule has 0 unspecified atom stereocenters. The number of hydrogen-bond donors (Lipinski definition) is 1. The van der Waals surface area contributed by atoms with Crippen molar-refractivity contribution in [3.8, 4) is 0 Å². The van der Waals surface area contributed by atoms with Gasteiger partial charge in [0.05, 0.1) is 17.8 Å². The molecule has 2 rings (SSSR count). The summed E-state index contributed by atoms with van der Waals surface area (Å²) in [6, 6.07) is 5.70. The van der Waals surface area contributed by atoms with Crippen LogP contribution in [0.25, 0.3) is 0 Å². The minimum Gasteiger partial charge on any atom is -0.358 e. The van der Waals surface area contributed by atoms with E-state index in [4.69, 9.17) is 0 Å². The molecule has 1 aromatic carbocycles. The smallest absolute Gasteiger partial charge is 0.358 e. The molecule has 22 heavy (non-hydrogen) atoms. The van der Waals surface area contributed by atoms with Crippen LogP contribution in [0.5, 0.6) is 0 Å². The molecule has 1 N–H and O–H groups in total. The van der Waals surface area contributed by atoms with Crippen molar-refractivity contribution >= 4 is 33.3 Å². The number of nitrogens with zero attached hydrogens (tertiary/aromatic N) is 3. The summed E-state index contributed by atoms with van der Waals surface area (Å²) in [5.41, 5.74) is 2.90. The Morgan fingerprint density at radius 3 is 2.82 bits per heavy atom. The van der Waals surface area contributed by atoms with E-state index in [2.05, 4.69) is 26.3 Å². The van der Waals surface area contributed by atoms with E-state index in [1.165, 1.54) is 10.9 Å². The summed E-state index contributed by atoms with van der Waals surface area (Å²) in [6.45, 7) is 4.19. The zero-order valence-corrected chi connectivity index (χ0v) is 13.8. The van der Waals surface area contributed by atoms with Crippen LogP contribution >= 0.6 is 15.9 Å². The Bertz CT molecular complexity index is 727. The maximum absolute atomic E-state index is 12.0. The van der Waals surface area contributed by atoms with Gasteiger partial charge in [-0.1, -0.05) is 12.1 Å².